The molecule has 182 valence electrons. The zero-order chi connectivity index (χ0) is 23.9. The molecule has 1 N–H and O–H groups in total. The van der Waals surface area contributed by atoms with E-state index in [-0.39, 0.29) is 17.6 Å². The van der Waals surface area contributed by atoms with E-state index >= 15 is 0 Å². The van der Waals surface area contributed by atoms with E-state index in [1.165, 1.54) is 18.4 Å². The van der Waals surface area contributed by atoms with Crippen LogP contribution in [0.25, 0.3) is 6.08 Å². The van der Waals surface area contributed by atoms with Crippen LogP contribution in [0.1, 0.15) is 81.4 Å². The van der Waals surface area contributed by atoms with Crippen molar-refractivity contribution in [2.45, 2.75) is 76.1 Å². The molecule has 6 rings (SSSR count). The summed E-state index contributed by atoms with van der Waals surface area (Å²) >= 11 is 0. The van der Waals surface area contributed by atoms with E-state index in [1.54, 1.807) is 0 Å². The van der Waals surface area contributed by atoms with Gasteiger partial charge in [0.25, 0.3) is 0 Å². The Kier molecular flexibility index (Phi) is 6.02. The summed E-state index contributed by atoms with van der Waals surface area (Å²) in [5, 5.41) is 12.3. The minimum atomic E-state index is -1.20. The van der Waals surface area contributed by atoms with Crippen LogP contribution < -0.4 is 0 Å². The maximum atomic E-state index is 14.2. The lowest BCUT2D eigenvalue weighted by atomic mass is 9.60. The fourth-order valence-electron chi connectivity index (χ4n) is 7.42. The van der Waals surface area contributed by atoms with E-state index in [0.717, 1.165) is 61.6 Å². The van der Waals surface area contributed by atoms with Crippen LogP contribution in [0.2, 0.25) is 0 Å². The van der Waals surface area contributed by atoms with Crippen LogP contribution in [0.5, 0.6) is 0 Å². The Hall–Kier alpha value is -2.49. The van der Waals surface area contributed by atoms with Crippen LogP contribution in [-0.4, -0.2) is 16.7 Å². The predicted octanol–water partition coefficient (Wildman–Crippen LogP) is 7.19. The van der Waals surface area contributed by atoms with Gasteiger partial charge in [-0.1, -0.05) is 78.7 Å². The number of hydrogen-bond donors (Lipinski definition) is 1. The van der Waals surface area contributed by atoms with Crippen LogP contribution in [0.4, 0.5) is 0 Å². The maximum absolute atomic E-state index is 14.2. The van der Waals surface area contributed by atoms with Crippen molar-refractivity contribution in [1.29, 1.82) is 0 Å². The minimum Gasteiger partial charge on any atom is -0.365 e. The molecule has 3 nitrogen and oxygen atoms in total. The topological polar surface area (TPSA) is 46.5 Å². The van der Waals surface area contributed by atoms with Gasteiger partial charge < -0.3 is 9.84 Å². The molecule has 0 unspecified atom stereocenters. The van der Waals surface area contributed by atoms with Crippen molar-refractivity contribution >= 4 is 11.9 Å². The third-order valence-corrected chi connectivity index (χ3v) is 9.15. The van der Waals surface area contributed by atoms with Crippen molar-refractivity contribution in [2.24, 2.45) is 17.3 Å². The number of ether oxygens (including phenoxy) is 1. The number of carbonyl (C=O) groups is 1. The summed E-state index contributed by atoms with van der Waals surface area (Å²) in [6.07, 6.45) is 13.8. The van der Waals surface area contributed by atoms with Crippen molar-refractivity contribution in [3.8, 4) is 0 Å². The minimum absolute atomic E-state index is 0.0101. The molecule has 0 amide bonds. The van der Waals surface area contributed by atoms with Crippen LogP contribution in [0.15, 0.2) is 77.9 Å². The number of ketones is 1. The first-order valence-corrected chi connectivity index (χ1v) is 13.5. The van der Waals surface area contributed by atoms with Gasteiger partial charge in [-0.05, 0) is 80.6 Å². The van der Waals surface area contributed by atoms with E-state index in [1.807, 2.05) is 36.4 Å². The van der Waals surface area contributed by atoms with Crippen molar-refractivity contribution in [3.63, 3.8) is 0 Å². The van der Waals surface area contributed by atoms with Crippen molar-refractivity contribution in [3.05, 3.63) is 89.0 Å². The standard InChI is InChI=1S/C32H36O3/c33-29-26(21-23-11-4-1-5-12-23)19-20-31(29)22-27-17-10-18-28(24-13-6-2-7-14-24)32(27,34)35-30(31)25-15-8-3-9-16-25/h1,3-5,8-9,11-13,15-16,21,27-28,30,34H,2,6-7,10,14,17-20,22H2/b26-21+/t27-,28+,30+,31-,32+/m0/s1. The Labute approximate surface area is 208 Å². The van der Waals surface area contributed by atoms with E-state index < -0.39 is 17.3 Å². The van der Waals surface area contributed by atoms with Crippen LogP contribution in [0, 0.1) is 17.3 Å². The van der Waals surface area contributed by atoms with E-state index in [4.69, 9.17) is 4.74 Å². The summed E-state index contributed by atoms with van der Waals surface area (Å²) in [5.74, 6) is -0.944. The number of Topliss-reactive ketones (excluding diaryl/α,β-unsaturated/α-hetero) is 1. The van der Waals surface area contributed by atoms with Crippen LogP contribution >= 0.6 is 0 Å². The molecule has 0 bridgehead atoms. The zero-order valence-electron chi connectivity index (χ0n) is 20.5. The van der Waals surface area contributed by atoms with Crippen molar-refractivity contribution in [2.75, 3.05) is 0 Å². The van der Waals surface area contributed by atoms with Gasteiger partial charge >= 0.3 is 0 Å². The first-order chi connectivity index (χ1) is 17.1. The molecule has 0 radical (unpaired) electrons. The molecule has 2 saturated carbocycles. The second-order valence-electron chi connectivity index (χ2n) is 11.1. The van der Waals surface area contributed by atoms with Crippen molar-refractivity contribution < 1.29 is 14.6 Å². The number of allylic oxidation sites excluding steroid dienone is 2. The number of hydrogen-bond acceptors (Lipinski definition) is 3. The molecule has 2 aromatic rings. The lowest BCUT2D eigenvalue weighted by molar-refractivity contribution is -0.340. The molecule has 3 fully saturated rings. The third kappa shape index (κ3) is 3.93. The predicted molar refractivity (Wildman–Crippen MR) is 138 cm³/mol. The normalized spacial score (nSPS) is 36.3. The highest BCUT2D eigenvalue weighted by molar-refractivity contribution is 6.06. The summed E-state index contributed by atoms with van der Waals surface area (Å²) in [6, 6.07) is 20.3. The second-order valence-corrected chi connectivity index (χ2v) is 11.1. The van der Waals surface area contributed by atoms with E-state index in [9.17, 15) is 9.90 Å². The van der Waals surface area contributed by atoms with Crippen molar-refractivity contribution in [1.82, 2.24) is 0 Å². The molecular formula is C32H36O3. The molecule has 3 heteroatoms. The molecule has 1 spiro atoms. The monoisotopic (exact) mass is 468 g/mol. The van der Waals surface area contributed by atoms with Gasteiger partial charge in [0, 0.05) is 11.8 Å². The average molecular weight is 469 g/mol. The fourth-order valence-corrected chi connectivity index (χ4v) is 7.42. The fraction of sp³-hybridized carbons (Fsp3) is 0.469. The molecule has 0 aromatic heterocycles. The first kappa shape index (κ1) is 22.9. The first-order valence-electron chi connectivity index (χ1n) is 13.5. The molecule has 3 aliphatic carbocycles. The largest absolute Gasteiger partial charge is 0.365 e. The Morgan fingerprint density at radius 2 is 1.69 bits per heavy atom. The molecule has 1 aliphatic heterocycles. The third-order valence-electron chi connectivity index (χ3n) is 9.15. The van der Waals surface area contributed by atoms with Gasteiger partial charge in [-0.15, -0.1) is 0 Å². The quantitative estimate of drug-likeness (QED) is 0.383. The van der Waals surface area contributed by atoms with Gasteiger partial charge in [-0.2, -0.15) is 0 Å². The molecule has 2 aromatic carbocycles. The number of carbonyl (C=O) groups excluding carboxylic acids is 1. The number of fused-ring (bicyclic) bond motifs is 1. The number of aliphatic hydroxyl groups is 1. The number of rotatable bonds is 3. The molecule has 4 aliphatic rings. The Morgan fingerprint density at radius 3 is 2.43 bits per heavy atom. The summed E-state index contributed by atoms with van der Waals surface area (Å²) in [7, 11) is 0. The SMILES string of the molecule is O=C1/C(=C/c2ccccc2)CC[C@]12C[C@@H]1CCC[C@H](C3=CCCCC3)[C@]1(O)O[C@@H]2c1ccccc1. The zero-order valence-corrected chi connectivity index (χ0v) is 20.5. The van der Waals surface area contributed by atoms with E-state index in [0.29, 0.717) is 6.42 Å². The summed E-state index contributed by atoms with van der Waals surface area (Å²) in [6.45, 7) is 0. The molecule has 1 saturated heterocycles. The summed E-state index contributed by atoms with van der Waals surface area (Å²) < 4.78 is 6.90. The second kappa shape index (κ2) is 9.19. The van der Waals surface area contributed by atoms with Gasteiger partial charge in [0.15, 0.2) is 11.6 Å². The lowest BCUT2D eigenvalue weighted by Crippen LogP contribution is -2.59. The molecular weight excluding hydrogens is 432 g/mol. The summed E-state index contributed by atoms with van der Waals surface area (Å²) in [5.41, 5.74) is 3.75. The van der Waals surface area contributed by atoms with Gasteiger partial charge in [-0.3, -0.25) is 4.79 Å². The lowest BCUT2D eigenvalue weighted by Gasteiger charge is -2.56. The molecule has 35 heavy (non-hydrogen) atoms. The Balaban J connectivity index is 1.40. The number of benzene rings is 2. The van der Waals surface area contributed by atoms with Crippen LogP contribution in [-0.2, 0) is 9.53 Å². The highest BCUT2D eigenvalue weighted by Crippen LogP contribution is 2.62. The van der Waals surface area contributed by atoms with Gasteiger partial charge in [0.1, 0.15) is 0 Å². The van der Waals surface area contributed by atoms with Gasteiger partial charge in [-0.25, -0.2) is 0 Å². The molecule has 1 heterocycles. The smallest absolute Gasteiger partial charge is 0.175 e. The van der Waals surface area contributed by atoms with Gasteiger partial charge in [0.05, 0.1) is 11.5 Å². The molecule has 5 atom stereocenters. The van der Waals surface area contributed by atoms with Crippen LogP contribution in [0.3, 0.4) is 0 Å². The van der Waals surface area contributed by atoms with Gasteiger partial charge in [0.2, 0.25) is 0 Å². The highest BCUT2D eigenvalue weighted by Gasteiger charge is 2.63. The summed E-state index contributed by atoms with van der Waals surface area (Å²) in [4.78, 5) is 14.2. The Bertz CT molecular complexity index is 1130. The maximum Gasteiger partial charge on any atom is 0.175 e. The van der Waals surface area contributed by atoms with E-state index in [2.05, 4.69) is 36.4 Å². The Morgan fingerprint density at radius 1 is 0.914 bits per heavy atom. The highest BCUT2D eigenvalue weighted by atomic mass is 16.6. The average Bonchev–Trinajstić information content (AvgIpc) is 3.20.